The van der Waals surface area contributed by atoms with Gasteiger partial charge >= 0.3 is 6.09 Å². The minimum Gasteiger partial charge on any atom is -0.444 e. The Morgan fingerprint density at radius 3 is 2.05 bits per heavy atom. The molecule has 4 fully saturated rings. The van der Waals surface area contributed by atoms with Crippen LogP contribution in [-0.2, 0) is 23.9 Å². The van der Waals surface area contributed by atoms with Gasteiger partial charge < -0.3 is 26.0 Å². The predicted octanol–water partition coefficient (Wildman–Crippen LogP) is 2.82. The van der Waals surface area contributed by atoms with Crippen molar-refractivity contribution in [1.82, 2.24) is 15.5 Å². The summed E-state index contributed by atoms with van der Waals surface area (Å²) in [7, 11) is 0. The van der Waals surface area contributed by atoms with E-state index in [1.54, 1.807) is 25.7 Å². The first-order valence-electron chi connectivity index (χ1n) is 14.4. The van der Waals surface area contributed by atoms with Crippen LogP contribution in [0, 0.1) is 22.2 Å². The van der Waals surface area contributed by atoms with Crippen LogP contribution in [0.25, 0.3) is 0 Å². The molecule has 3 aliphatic carbocycles. The summed E-state index contributed by atoms with van der Waals surface area (Å²) in [6.07, 6.45) is 7.43. The fraction of sp³-hybridized carbons (Fsp3) is 0.828. The van der Waals surface area contributed by atoms with Crippen molar-refractivity contribution in [2.45, 2.75) is 123 Å². The molecule has 4 rings (SSSR count). The molecule has 1 aliphatic heterocycles. The zero-order valence-electron chi connectivity index (χ0n) is 24.4. The van der Waals surface area contributed by atoms with E-state index in [0.29, 0.717) is 19.4 Å². The minimum atomic E-state index is -1.07. The van der Waals surface area contributed by atoms with Crippen LogP contribution in [0.2, 0.25) is 0 Å². The number of nitrogens with one attached hydrogen (secondary N) is 2. The smallest absolute Gasteiger partial charge is 0.408 e. The van der Waals surface area contributed by atoms with E-state index in [1.807, 2.05) is 20.8 Å². The fourth-order valence-corrected chi connectivity index (χ4v) is 6.85. The molecule has 218 valence electrons. The number of fused-ring (bicyclic) bond motifs is 1. The highest BCUT2D eigenvalue weighted by atomic mass is 16.6. The van der Waals surface area contributed by atoms with Crippen molar-refractivity contribution in [1.29, 1.82) is 0 Å². The van der Waals surface area contributed by atoms with Crippen LogP contribution in [0.4, 0.5) is 4.79 Å². The Hall–Kier alpha value is -2.65. The summed E-state index contributed by atoms with van der Waals surface area (Å²) < 4.78 is 5.44. The molecule has 4 amide bonds. The summed E-state index contributed by atoms with van der Waals surface area (Å²) in [5.41, 5.74) is 3.96. The molecule has 39 heavy (non-hydrogen) atoms. The Morgan fingerprint density at radius 1 is 0.974 bits per heavy atom. The van der Waals surface area contributed by atoms with Gasteiger partial charge in [0.15, 0.2) is 0 Å². The summed E-state index contributed by atoms with van der Waals surface area (Å²) in [4.78, 5) is 66.6. The molecule has 0 bridgehead atoms. The van der Waals surface area contributed by atoms with Gasteiger partial charge in [0, 0.05) is 6.54 Å². The Balaban J connectivity index is 1.57. The molecule has 0 aromatic carbocycles. The van der Waals surface area contributed by atoms with E-state index < -0.39 is 52.8 Å². The molecule has 10 heteroatoms. The lowest BCUT2D eigenvalue weighted by molar-refractivity contribution is -0.143. The van der Waals surface area contributed by atoms with Gasteiger partial charge in [-0.25, -0.2) is 4.79 Å². The maximum Gasteiger partial charge on any atom is 0.408 e. The molecule has 10 nitrogen and oxygen atoms in total. The Labute approximate surface area is 231 Å². The number of nitrogens with zero attached hydrogens (tertiary/aromatic N) is 1. The van der Waals surface area contributed by atoms with Gasteiger partial charge in [-0.2, -0.15) is 0 Å². The van der Waals surface area contributed by atoms with E-state index in [0.717, 1.165) is 44.9 Å². The number of ketones is 1. The summed E-state index contributed by atoms with van der Waals surface area (Å²) in [5, 5.41) is 5.57. The number of likely N-dealkylation sites (tertiary alicyclic amines) is 1. The third kappa shape index (κ3) is 5.94. The van der Waals surface area contributed by atoms with Crippen molar-refractivity contribution in [3.8, 4) is 0 Å². The summed E-state index contributed by atoms with van der Waals surface area (Å²) in [6.45, 7) is 11.3. The molecule has 0 aromatic rings. The van der Waals surface area contributed by atoms with Gasteiger partial charge in [-0.1, -0.05) is 46.5 Å². The molecular formula is C29H46N4O6. The lowest BCUT2D eigenvalue weighted by Gasteiger charge is -2.36. The van der Waals surface area contributed by atoms with Crippen LogP contribution < -0.4 is 16.4 Å². The predicted molar refractivity (Wildman–Crippen MR) is 144 cm³/mol. The first kappa shape index (κ1) is 29.3. The number of alkyl carbamates (subject to hydrolysis) is 1. The maximum absolute atomic E-state index is 14.1. The molecule has 1 saturated heterocycles. The van der Waals surface area contributed by atoms with Crippen molar-refractivity contribution < 1.29 is 28.7 Å². The third-order valence-corrected chi connectivity index (χ3v) is 9.45. The standard InChI is InChI=1S/C29H46N4O6/c1-26(2,3)21(32-25(38)39-27(4,5)6)24(37)33-16-29(15-28(29)11-8-12-28)14-19(33)23(36)31-18(20(34)22(30)35)13-17-9-7-10-17/h17-19,21H,7-16H2,1-6H3,(H2,30,35)(H,31,36)(H,32,38)/t18?,19?,21-,29+/m1/s1. The van der Waals surface area contributed by atoms with Gasteiger partial charge in [0.2, 0.25) is 17.6 Å². The van der Waals surface area contributed by atoms with Crippen molar-refractivity contribution in [3.05, 3.63) is 0 Å². The van der Waals surface area contributed by atoms with Crippen LogP contribution in [-0.4, -0.2) is 64.8 Å². The zero-order valence-corrected chi connectivity index (χ0v) is 24.4. The number of rotatable bonds is 8. The number of amides is 4. The molecule has 3 saturated carbocycles. The van der Waals surface area contributed by atoms with E-state index >= 15 is 0 Å². The molecule has 0 aromatic heterocycles. The van der Waals surface area contributed by atoms with Gasteiger partial charge in [0.25, 0.3) is 5.91 Å². The molecular weight excluding hydrogens is 500 g/mol. The fourth-order valence-electron chi connectivity index (χ4n) is 6.85. The van der Waals surface area contributed by atoms with Gasteiger partial charge in [0.1, 0.15) is 17.7 Å². The summed E-state index contributed by atoms with van der Waals surface area (Å²) in [6, 6.07) is -2.72. The van der Waals surface area contributed by atoms with E-state index in [-0.39, 0.29) is 22.7 Å². The number of carbonyl (C=O) groups excluding carboxylic acids is 5. The molecule has 0 radical (unpaired) electrons. The molecule has 2 unspecified atom stereocenters. The SMILES string of the molecule is CC(C)(C)OC(=O)N[C@H](C(=O)N1C[C@]2(CC1C(=O)NC(CC1CCC1)C(=O)C(N)=O)CC21CCC1)C(C)(C)C. The number of carbonyl (C=O) groups is 5. The molecule has 4 aliphatic rings. The second-order valence-electron chi connectivity index (χ2n) is 14.5. The highest BCUT2D eigenvalue weighted by molar-refractivity contribution is 6.37. The quantitative estimate of drug-likeness (QED) is 0.399. The molecule has 1 heterocycles. The average molecular weight is 547 g/mol. The van der Waals surface area contributed by atoms with Gasteiger partial charge in [-0.05, 0) is 75.0 Å². The van der Waals surface area contributed by atoms with Gasteiger partial charge in [0.05, 0.1) is 6.04 Å². The van der Waals surface area contributed by atoms with Gasteiger partial charge in [-0.15, -0.1) is 0 Å². The second kappa shape index (κ2) is 10.1. The first-order chi connectivity index (χ1) is 18.0. The van der Waals surface area contributed by atoms with Crippen molar-refractivity contribution in [2.24, 2.45) is 27.9 Å². The van der Waals surface area contributed by atoms with Crippen LogP contribution in [0.15, 0.2) is 0 Å². The highest BCUT2D eigenvalue weighted by Gasteiger charge is 2.73. The Bertz CT molecular complexity index is 1040. The number of hydrogen-bond donors (Lipinski definition) is 3. The van der Waals surface area contributed by atoms with Crippen molar-refractivity contribution in [3.63, 3.8) is 0 Å². The van der Waals surface area contributed by atoms with Crippen LogP contribution in [0.3, 0.4) is 0 Å². The first-order valence-corrected chi connectivity index (χ1v) is 14.4. The van der Waals surface area contributed by atoms with E-state index in [1.165, 1.54) is 0 Å². The largest absolute Gasteiger partial charge is 0.444 e. The van der Waals surface area contributed by atoms with E-state index in [4.69, 9.17) is 10.5 Å². The Kier molecular flexibility index (Phi) is 7.58. The van der Waals surface area contributed by atoms with Crippen molar-refractivity contribution >= 4 is 29.6 Å². The topological polar surface area (TPSA) is 148 Å². The van der Waals surface area contributed by atoms with E-state index in [2.05, 4.69) is 10.6 Å². The van der Waals surface area contributed by atoms with Crippen LogP contribution in [0.1, 0.15) is 99.3 Å². The second-order valence-corrected chi connectivity index (χ2v) is 14.5. The Morgan fingerprint density at radius 2 is 1.62 bits per heavy atom. The number of ether oxygens (including phenoxy) is 1. The lowest BCUT2D eigenvalue weighted by atomic mass is 9.74. The minimum absolute atomic E-state index is 0.131. The van der Waals surface area contributed by atoms with Crippen LogP contribution >= 0.6 is 0 Å². The third-order valence-electron chi connectivity index (χ3n) is 9.45. The zero-order chi connectivity index (χ0) is 29.0. The van der Waals surface area contributed by atoms with E-state index in [9.17, 15) is 24.0 Å². The number of nitrogens with two attached hydrogens (primary N) is 1. The molecule has 4 atom stereocenters. The molecule has 4 N–H and O–H groups in total. The normalized spacial score (nSPS) is 27.2. The highest BCUT2D eigenvalue weighted by Crippen LogP contribution is 2.77. The molecule has 2 spiro atoms. The monoisotopic (exact) mass is 546 g/mol. The lowest BCUT2D eigenvalue weighted by Crippen LogP contribution is -2.59. The van der Waals surface area contributed by atoms with Crippen molar-refractivity contribution in [2.75, 3.05) is 6.54 Å². The average Bonchev–Trinajstić information content (AvgIpc) is 3.25. The summed E-state index contributed by atoms with van der Waals surface area (Å²) >= 11 is 0. The number of Topliss-reactive ketones (excluding diaryl/α,β-unsaturated/α-hetero) is 1. The maximum atomic E-state index is 14.1. The number of primary amides is 1. The summed E-state index contributed by atoms with van der Waals surface area (Å²) in [5.74, 6) is -2.40. The van der Waals surface area contributed by atoms with Gasteiger partial charge in [-0.3, -0.25) is 19.2 Å². The van der Waals surface area contributed by atoms with Crippen LogP contribution in [0.5, 0.6) is 0 Å². The number of hydrogen-bond acceptors (Lipinski definition) is 6.